The lowest BCUT2D eigenvalue weighted by Crippen LogP contribution is -2.38. The summed E-state index contributed by atoms with van der Waals surface area (Å²) in [6, 6.07) is 15.3. The number of carbonyl (C=O) groups is 1. The van der Waals surface area contributed by atoms with Crippen LogP contribution in [0.5, 0.6) is 5.75 Å². The molecule has 0 bridgehead atoms. The fraction of sp³-hybridized carbons (Fsp3) is 0.391. The van der Waals surface area contributed by atoms with Crippen LogP contribution in [-0.4, -0.2) is 56.0 Å². The van der Waals surface area contributed by atoms with Gasteiger partial charge in [-0.3, -0.25) is 9.69 Å². The Morgan fingerprint density at radius 2 is 1.86 bits per heavy atom. The molecule has 2 aromatic rings. The standard InChI is InChI=1S/C23H29N3O3/c1-3-22(24-25-23(27)21-7-5-4-6-18(21)2)19-8-10-20(11-9-19)29-17-14-26-12-15-28-16-13-26/h4-11H,3,12-17H2,1-2H3,(H,25,27). The van der Waals surface area contributed by atoms with Gasteiger partial charge in [0.15, 0.2) is 0 Å². The zero-order valence-electron chi connectivity index (χ0n) is 17.2. The van der Waals surface area contributed by atoms with Gasteiger partial charge in [0.05, 0.1) is 18.9 Å². The maximum Gasteiger partial charge on any atom is 0.271 e. The van der Waals surface area contributed by atoms with Gasteiger partial charge < -0.3 is 9.47 Å². The van der Waals surface area contributed by atoms with E-state index in [0.717, 1.165) is 55.4 Å². The lowest BCUT2D eigenvalue weighted by molar-refractivity contribution is 0.0322. The first-order valence-corrected chi connectivity index (χ1v) is 10.1. The molecule has 6 heteroatoms. The molecule has 0 spiro atoms. The van der Waals surface area contributed by atoms with Gasteiger partial charge in [0.1, 0.15) is 12.4 Å². The molecule has 1 fully saturated rings. The highest BCUT2D eigenvalue weighted by Gasteiger charge is 2.10. The molecule has 2 aromatic carbocycles. The quantitative estimate of drug-likeness (QED) is 0.551. The maximum atomic E-state index is 12.4. The van der Waals surface area contributed by atoms with Crippen LogP contribution < -0.4 is 10.2 Å². The van der Waals surface area contributed by atoms with Gasteiger partial charge in [-0.2, -0.15) is 5.10 Å². The molecule has 0 atom stereocenters. The highest BCUT2D eigenvalue weighted by Crippen LogP contribution is 2.14. The number of hydrogen-bond acceptors (Lipinski definition) is 5. The number of rotatable bonds is 8. The normalized spacial score (nSPS) is 15.2. The molecule has 1 N–H and O–H groups in total. The Morgan fingerprint density at radius 1 is 1.14 bits per heavy atom. The van der Waals surface area contributed by atoms with E-state index in [9.17, 15) is 4.79 Å². The third kappa shape index (κ3) is 6.14. The largest absolute Gasteiger partial charge is 0.492 e. The van der Waals surface area contributed by atoms with Gasteiger partial charge in [-0.1, -0.05) is 25.1 Å². The van der Waals surface area contributed by atoms with Crippen molar-refractivity contribution in [1.29, 1.82) is 0 Å². The van der Waals surface area contributed by atoms with Crippen molar-refractivity contribution in [2.24, 2.45) is 5.10 Å². The second-order valence-electron chi connectivity index (χ2n) is 6.99. The van der Waals surface area contributed by atoms with Gasteiger partial charge in [-0.05, 0) is 54.8 Å². The van der Waals surface area contributed by atoms with Crippen LogP contribution in [0.2, 0.25) is 0 Å². The maximum absolute atomic E-state index is 12.4. The SMILES string of the molecule is CCC(=NNC(=O)c1ccccc1C)c1ccc(OCCN2CCOCC2)cc1. The molecular weight excluding hydrogens is 366 g/mol. The van der Waals surface area contributed by atoms with E-state index in [1.165, 1.54) is 0 Å². The Hall–Kier alpha value is -2.70. The van der Waals surface area contributed by atoms with Crippen LogP contribution in [-0.2, 0) is 4.74 Å². The molecule has 3 rings (SSSR count). The van der Waals surface area contributed by atoms with Crippen LogP contribution in [0.15, 0.2) is 53.6 Å². The summed E-state index contributed by atoms with van der Waals surface area (Å²) in [6.45, 7) is 9.02. The summed E-state index contributed by atoms with van der Waals surface area (Å²) in [4.78, 5) is 14.7. The summed E-state index contributed by atoms with van der Waals surface area (Å²) < 4.78 is 11.2. The van der Waals surface area contributed by atoms with E-state index in [1.54, 1.807) is 6.07 Å². The lowest BCUT2D eigenvalue weighted by atomic mass is 10.1. The summed E-state index contributed by atoms with van der Waals surface area (Å²) in [6.07, 6.45) is 0.714. The van der Waals surface area contributed by atoms with Crippen molar-refractivity contribution in [3.63, 3.8) is 0 Å². The fourth-order valence-electron chi connectivity index (χ4n) is 3.21. The number of ether oxygens (including phenoxy) is 2. The van der Waals surface area contributed by atoms with Crippen molar-refractivity contribution >= 4 is 11.6 Å². The second kappa shape index (κ2) is 10.7. The third-order valence-corrected chi connectivity index (χ3v) is 4.98. The minimum absolute atomic E-state index is 0.197. The van der Waals surface area contributed by atoms with Crippen molar-refractivity contribution in [3.8, 4) is 5.75 Å². The molecule has 6 nitrogen and oxygen atoms in total. The average molecular weight is 396 g/mol. The minimum Gasteiger partial charge on any atom is -0.492 e. The van der Waals surface area contributed by atoms with E-state index in [1.807, 2.05) is 56.3 Å². The number of hydrogen-bond donors (Lipinski definition) is 1. The molecule has 0 unspecified atom stereocenters. The van der Waals surface area contributed by atoms with Crippen LogP contribution >= 0.6 is 0 Å². The number of nitrogens with zero attached hydrogens (tertiary/aromatic N) is 2. The van der Waals surface area contributed by atoms with Crippen molar-refractivity contribution in [1.82, 2.24) is 10.3 Å². The molecule has 154 valence electrons. The average Bonchev–Trinajstić information content (AvgIpc) is 2.76. The molecule has 1 heterocycles. The first-order valence-electron chi connectivity index (χ1n) is 10.1. The minimum atomic E-state index is -0.197. The van der Waals surface area contributed by atoms with E-state index in [2.05, 4.69) is 15.4 Å². The number of aryl methyl sites for hydroxylation is 1. The van der Waals surface area contributed by atoms with Crippen molar-refractivity contribution < 1.29 is 14.3 Å². The highest BCUT2D eigenvalue weighted by atomic mass is 16.5. The Labute approximate surface area is 172 Å². The number of hydrazone groups is 1. The van der Waals surface area contributed by atoms with Crippen LogP contribution in [0.4, 0.5) is 0 Å². The third-order valence-electron chi connectivity index (χ3n) is 4.98. The van der Waals surface area contributed by atoms with E-state index >= 15 is 0 Å². The van der Waals surface area contributed by atoms with Crippen molar-refractivity contribution in [2.45, 2.75) is 20.3 Å². The number of carbonyl (C=O) groups excluding carboxylic acids is 1. The summed E-state index contributed by atoms with van der Waals surface area (Å²) >= 11 is 0. The first kappa shape index (κ1) is 21.0. The smallest absolute Gasteiger partial charge is 0.271 e. The monoisotopic (exact) mass is 395 g/mol. The molecule has 1 amide bonds. The van der Waals surface area contributed by atoms with E-state index in [0.29, 0.717) is 18.6 Å². The van der Waals surface area contributed by atoms with Crippen LogP contribution in [0.1, 0.15) is 34.8 Å². The van der Waals surface area contributed by atoms with E-state index < -0.39 is 0 Å². The topological polar surface area (TPSA) is 63.2 Å². The lowest BCUT2D eigenvalue weighted by Gasteiger charge is -2.26. The predicted molar refractivity (Wildman–Crippen MR) is 115 cm³/mol. The fourth-order valence-corrected chi connectivity index (χ4v) is 3.21. The van der Waals surface area contributed by atoms with Gasteiger partial charge in [-0.15, -0.1) is 0 Å². The summed E-state index contributed by atoms with van der Waals surface area (Å²) in [7, 11) is 0. The van der Waals surface area contributed by atoms with E-state index in [4.69, 9.17) is 9.47 Å². The van der Waals surface area contributed by atoms with Crippen LogP contribution in [0.3, 0.4) is 0 Å². The molecular formula is C23H29N3O3. The molecule has 0 aliphatic carbocycles. The van der Waals surface area contributed by atoms with Gasteiger partial charge in [0.2, 0.25) is 0 Å². The zero-order chi connectivity index (χ0) is 20.5. The van der Waals surface area contributed by atoms with Gasteiger partial charge in [0.25, 0.3) is 5.91 Å². The number of morpholine rings is 1. The Morgan fingerprint density at radius 3 is 2.55 bits per heavy atom. The summed E-state index contributed by atoms with van der Waals surface area (Å²) in [5.41, 5.74) is 6.04. The van der Waals surface area contributed by atoms with Crippen LogP contribution in [0.25, 0.3) is 0 Å². The zero-order valence-corrected chi connectivity index (χ0v) is 17.2. The van der Waals surface area contributed by atoms with Gasteiger partial charge in [-0.25, -0.2) is 5.43 Å². The molecule has 0 radical (unpaired) electrons. The Kier molecular flexibility index (Phi) is 7.78. The summed E-state index contributed by atoms with van der Waals surface area (Å²) in [5, 5.41) is 4.34. The molecule has 0 saturated carbocycles. The Bertz CT molecular complexity index is 828. The molecule has 0 aromatic heterocycles. The number of amides is 1. The van der Waals surface area contributed by atoms with Crippen molar-refractivity contribution in [2.75, 3.05) is 39.5 Å². The molecule has 1 saturated heterocycles. The van der Waals surface area contributed by atoms with Crippen LogP contribution in [0, 0.1) is 6.92 Å². The van der Waals surface area contributed by atoms with Gasteiger partial charge in [0, 0.05) is 25.2 Å². The van der Waals surface area contributed by atoms with Gasteiger partial charge >= 0.3 is 0 Å². The van der Waals surface area contributed by atoms with E-state index in [-0.39, 0.29) is 5.91 Å². The first-order chi connectivity index (χ1) is 14.2. The Balaban J connectivity index is 1.54. The van der Waals surface area contributed by atoms with Crippen molar-refractivity contribution in [3.05, 3.63) is 65.2 Å². The number of benzene rings is 2. The number of nitrogens with one attached hydrogen (secondary N) is 1. The highest BCUT2D eigenvalue weighted by molar-refractivity contribution is 6.02. The predicted octanol–water partition coefficient (Wildman–Crippen LogP) is 3.25. The molecule has 1 aliphatic rings. The second-order valence-corrected chi connectivity index (χ2v) is 6.99. The molecule has 29 heavy (non-hydrogen) atoms. The summed E-state index contributed by atoms with van der Waals surface area (Å²) in [5.74, 6) is 0.638. The molecule has 1 aliphatic heterocycles.